The first-order valence-corrected chi connectivity index (χ1v) is 1.89. The standard InChI is InChI=1S/C4H10O2.CH3.2H2N.Pd/c1-4(2,3)6-5;;;;/h5H,1-3H3;1H3;2*1H2;/q;3*-1;. The summed E-state index contributed by atoms with van der Waals surface area (Å²) in [6.45, 7) is 5.31. The van der Waals surface area contributed by atoms with E-state index < -0.39 is 5.60 Å². The van der Waals surface area contributed by atoms with E-state index in [1.807, 2.05) is 0 Å². The number of hydrogen-bond donors (Lipinski definition) is 1. The largest absolute Gasteiger partial charge is 0.693 e. The van der Waals surface area contributed by atoms with Crippen molar-refractivity contribution in [3.05, 3.63) is 19.7 Å². The van der Waals surface area contributed by atoms with Crippen LogP contribution >= 0.6 is 0 Å². The van der Waals surface area contributed by atoms with Gasteiger partial charge in [0.15, 0.2) is 0 Å². The SMILES string of the molecule is CC(C)(C)OO.[CH3-].[NH2-].[NH2-].[Pd]. The Bertz CT molecular complexity index is 47.4. The van der Waals surface area contributed by atoms with E-state index in [4.69, 9.17) is 5.26 Å². The third kappa shape index (κ3) is 39.0. The molecule has 0 aliphatic rings. The normalized spacial score (nSPS) is 7.20. The summed E-state index contributed by atoms with van der Waals surface area (Å²) in [6.07, 6.45) is 0. The van der Waals surface area contributed by atoms with Crippen molar-refractivity contribution in [2.45, 2.75) is 26.4 Å². The smallest absolute Gasteiger partial charge is 0.0949 e. The van der Waals surface area contributed by atoms with Crippen LogP contribution in [0.25, 0.3) is 12.3 Å². The molecule has 0 heterocycles. The van der Waals surface area contributed by atoms with Crippen LogP contribution in [0.4, 0.5) is 0 Å². The van der Waals surface area contributed by atoms with Crippen molar-refractivity contribution in [2.75, 3.05) is 0 Å². The summed E-state index contributed by atoms with van der Waals surface area (Å²) in [5.74, 6) is 0. The monoisotopic (exact) mass is 243 g/mol. The first-order valence-electron chi connectivity index (χ1n) is 1.89. The topological polar surface area (TPSA) is 96.5 Å². The minimum Gasteiger partial charge on any atom is -0.693 e. The second-order valence-corrected chi connectivity index (χ2v) is 2.20. The summed E-state index contributed by atoms with van der Waals surface area (Å²) in [5, 5.41) is 7.90. The van der Waals surface area contributed by atoms with Crippen molar-refractivity contribution in [1.29, 1.82) is 0 Å². The van der Waals surface area contributed by atoms with Crippen LogP contribution in [-0.2, 0) is 25.3 Å². The van der Waals surface area contributed by atoms with Gasteiger partial charge in [-0.3, -0.25) is 5.26 Å². The Morgan fingerprint density at radius 2 is 1.20 bits per heavy atom. The molecule has 0 aromatic rings. The predicted octanol–water partition coefficient (Wildman–Crippen LogP) is 3.16. The minimum atomic E-state index is -0.403. The fraction of sp³-hybridized carbons (Fsp3) is 0.800. The zero-order valence-corrected chi connectivity index (χ0v) is 8.38. The molecule has 10 heavy (non-hydrogen) atoms. The molecule has 0 aliphatic heterocycles. The summed E-state index contributed by atoms with van der Waals surface area (Å²) < 4.78 is 0. The molecule has 0 aliphatic carbocycles. The molecule has 72 valence electrons. The molecule has 0 aromatic heterocycles. The van der Waals surface area contributed by atoms with Gasteiger partial charge in [-0.05, 0) is 20.8 Å². The van der Waals surface area contributed by atoms with Crippen LogP contribution in [0.15, 0.2) is 0 Å². The van der Waals surface area contributed by atoms with Crippen LogP contribution in [0.2, 0.25) is 0 Å². The second kappa shape index (κ2) is 12.2. The van der Waals surface area contributed by atoms with E-state index in [0.29, 0.717) is 0 Å². The van der Waals surface area contributed by atoms with Gasteiger partial charge in [-0.1, -0.05) is 0 Å². The molecule has 0 saturated heterocycles. The Kier molecular flexibility index (Phi) is 38.2. The van der Waals surface area contributed by atoms with Crippen molar-refractivity contribution in [3.8, 4) is 0 Å². The van der Waals surface area contributed by atoms with Gasteiger partial charge in [-0.15, -0.1) is 0 Å². The Morgan fingerprint density at radius 3 is 1.20 bits per heavy atom. The average molecular weight is 244 g/mol. The van der Waals surface area contributed by atoms with Crippen molar-refractivity contribution in [3.63, 3.8) is 0 Å². The van der Waals surface area contributed by atoms with Gasteiger partial charge in [0.2, 0.25) is 0 Å². The van der Waals surface area contributed by atoms with Crippen LogP contribution in [0, 0.1) is 7.43 Å². The molecule has 0 unspecified atom stereocenters. The van der Waals surface area contributed by atoms with E-state index in [0.717, 1.165) is 0 Å². The number of rotatable bonds is 0. The first-order chi connectivity index (χ1) is 2.56. The van der Waals surface area contributed by atoms with Crippen LogP contribution < -0.4 is 0 Å². The van der Waals surface area contributed by atoms with Gasteiger partial charge in [0.05, 0.1) is 5.60 Å². The van der Waals surface area contributed by atoms with E-state index in [-0.39, 0.29) is 40.2 Å². The Balaban J connectivity index is -0.0000000208. The summed E-state index contributed by atoms with van der Waals surface area (Å²) in [7, 11) is 0. The second-order valence-electron chi connectivity index (χ2n) is 2.20. The van der Waals surface area contributed by atoms with Crippen molar-refractivity contribution in [1.82, 2.24) is 0 Å². The molecular weight excluding hydrogens is 226 g/mol. The van der Waals surface area contributed by atoms with Gasteiger partial charge in [-0.2, -0.15) is 0 Å². The molecule has 0 rings (SSSR count). The van der Waals surface area contributed by atoms with E-state index in [1.54, 1.807) is 20.8 Å². The van der Waals surface area contributed by atoms with E-state index >= 15 is 0 Å². The van der Waals surface area contributed by atoms with Gasteiger partial charge < -0.3 is 19.7 Å². The summed E-state index contributed by atoms with van der Waals surface area (Å²) >= 11 is 0. The maximum Gasteiger partial charge on any atom is 0.0949 e. The van der Waals surface area contributed by atoms with Crippen molar-refractivity contribution in [2.24, 2.45) is 0 Å². The van der Waals surface area contributed by atoms with E-state index in [1.165, 1.54) is 0 Å². The van der Waals surface area contributed by atoms with Gasteiger partial charge in [0, 0.05) is 20.4 Å². The summed E-state index contributed by atoms with van der Waals surface area (Å²) in [6, 6.07) is 0. The van der Waals surface area contributed by atoms with Gasteiger partial charge in [0.1, 0.15) is 0 Å². The zero-order valence-electron chi connectivity index (χ0n) is 6.83. The average Bonchev–Trinajstić information content (AvgIpc) is 1.35. The Hall–Kier alpha value is 0.502. The van der Waals surface area contributed by atoms with Crippen LogP contribution in [0.3, 0.4) is 0 Å². The third-order valence-corrected chi connectivity index (χ3v) is 0.274. The maximum absolute atomic E-state index is 7.90. The van der Waals surface area contributed by atoms with Crippen LogP contribution in [0.1, 0.15) is 20.8 Å². The van der Waals surface area contributed by atoms with Gasteiger partial charge in [-0.25, -0.2) is 4.89 Å². The molecule has 0 amide bonds. The Labute approximate surface area is 77.1 Å². The van der Waals surface area contributed by atoms with Crippen molar-refractivity contribution < 1.29 is 30.6 Å². The molecule has 4 nitrogen and oxygen atoms in total. The quantitative estimate of drug-likeness (QED) is 0.306. The molecule has 0 bridgehead atoms. The zero-order chi connectivity index (χ0) is 5.21. The van der Waals surface area contributed by atoms with Crippen LogP contribution in [-0.4, -0.2) is 10.9 Å². The molecule has 5 N–H and O–H groups in total. The Morgan fingerprint density at radius 1 is 1.10 bits per heavy atom. The van der Waals surface area contributed by atoms with Crippen LogP contribution in [0.5, 0.6) is 0 Å². The third-order valence-electron chi connectivity index (χ3n) is 0.274. The first kappa shape index (κ1) is 31.3. The molecule has 0 saturated carbocycles. The molecule has 5 heteroatoms. The molecule has 0 spiro atoms. The minimum absolute atomic E-state index is 0. The molecule has 0 aromatic carbocycles. The molecule has 0 atom stereocenters. The molecule has 0 radical (unpaired) electrons. The molecule has 0 fully saturated rings. The fourth-order valence-electron chi connectivity index (χ4n) is 0. The number of hydrogen-bond acceptors (Lipinski definition) is 2. The van der Waals surface area contributed by atoms with Gasteiger partial charge in [0.25, 0.3) is 0 Å². The van der Waals surface area contributed by atoms with E-state index in [2.05, 4.69) is 4.89 Å². The summed E-state index contributed by atoms with van der Waals surface area (Å²) in [5.41, 5.74) is -0.403. The number of nitrogens with two attached hydrogens (primary N) is 2. The van der Waals surface area contributed by atoms with E-state index in [9.17, 15) is 0 Å². The van der Waals surface area contributed by atoms with Crippen molar-refractivity contribution >= 4 is 0 Å². The van der Waals surface area contributed by atoms with Gasteiger partial charge >= 0.3 is 0 Å². The maximum atomic E-state index is 7.90. The fourth-order valence-corrected chi connectivity index (χ4v) is 0. The summed E-state index contributed by atoms with van der Waals surface area (Å²) in [4.78, 5) is 3.94. The molecular formula is C5H17N2O2Pd-3. The predicted molar refractivity (Wildman–Crippen MR) is 40.4 cm³/mol.